The maximum atomic E-state index is 11.5. The summed E-state index contributed by atoms with van der Waals surface area (Å²) in [6.45, 7) is 0. The van der Waals surface area contributed by atoms with E-state index in [0.29, 0.717) is 11.5 Å². The van der Waals surface area contributed by atoms with E-state index in [9.17, 15) is 4.79 Å². The molecule has 0 radical (unpaired) electrons. The van der Waals surface area contributed by atoms with Gasteiger partial charge in [-0.25, -0.2) is 4.79 Å². The van der Waals surface area contributed by atoms with Crippen LogP contribution in [0.1, 0.15) is 5.76 Å². The molecule has 0 aliphatic heterocycles. The van der Waals surface area contributed by atoms with Gasteiger partial charge < -0.3 is 9.15 Å². The van der Waals surface area contributed by atoms with Crippen LogP contribution in [0.3, 0.4) is 0 Å². The highest BCUT2D eigenvalue weighted by Crippen LogP contribution is 2.15. The Labute approximate surface area is 112 Å². The first-order chi connectivity index (χ1) is 8.24. The van der Waals surface area contributed by atoms with Crippen LogP contribution in [0.25, 0.3) is 6.08 Å². The quantitative estimate of drug-likeness (QED) is 0.372. The van der Waals surface area contributed by atoms with Gasteiger partial charge in [0, 0.05) is 9.65 Å². The lowest BCUT2D eigenvalue weighted by atomic mass is 10.3. The number of esters is 1. The number of furan rings is 1. The van der Waals surface area contributed by atoms with Crippen LogP contribution in [0.2, 0.25) is 0 Å². The molecule has 1 aromatic carbocycles. The van der Waals surface area contributed by atoms with Crippen molar-refractivity contribution >= 4 is 34.6 Å². The van der Waals surface area contributed by atoms with Crippen LogP contribution >= 0.6 is 22.6 Å². The number of rotatable bonds is 3. The molecule has 4 heteroatoms. The van der Waals surface area contributed by atoms with E-state index in [1.54, 1.807) is 36.6 Å². The molecule has 0 aliphatic rings. The van der Waals surface area contributed by atoms with Crippen molar-refractivity contribution in [3.63, 3.8) is 0 Å². The van der Waals surface area contributed by atoms with Crippen molar-refractivity contribution in [2.75, 3.05) is 0 Å². The van der Waals surface area contributed by atoms with Crippen LogP contribution < -0.4 is 4.74 Å². The van der Waals surface area contributed by atoms with Gasteiger partial charge in [-0.15, -0.1) is 0 Å². The van der Waals surface area contributed by atoms with Crippen LogP contribution in [-0.4, -0.2) is 5.97 Å². The zero-order valence-electron chi connectivity index (χ0n) is 8.80. The van der Waals surface area contributed by atoms with E-state index < -0.39 is 5.97 Å². The standard InChI is InChI=1S/C13H9IO3/c14-10-3-1-4-12(9-10)17-13(15)7-6-11-5-2-8-16-11/h1-9H/b7-6+. The molecule has 0 bridgehead atoms. The van der Waals surface area contributed by atoms with E-state index in [-0.39, 0.29) is 0 Å². The highest BCUT2D eigenvalue weighted by Gasteiger charge is 2.01. The molecular formula is C13H9IO3. The predicted molar refractivity (Wildman–Crippen MR) is 72.5 cm³/mol. The SMILES string of the molecule is O=C(/C=C/c1ccco1)Oc1cccc(I)c1. The Morgan fingerprint density at radius 2 is 2.18 bits per heavy atom. The lowest BCUT2D eigenvalue weighted by Gasteiger charge is -2.00. The van der Waals surface area contributed by atoms with E-state index >= 15 is 0 Å². The van der Waals surface area contributed by atoms with Gasteiger partial charge in [-0.05, 0) is 59.0 Å². The fourth-order valence-corrected chi connectivity index (χ4v) is 1.73. The number of hydrogen-bond donors (Lipinski definition) is 0. The van der Waals surface area contributed by atoms with Crippen LogP contribution in [-0.2, 0) is 4.79 Å². The molecule has 0 atom stereocenters. The molecule has 17 heavy (non-hydrogen) atoms. The maximum Gasteiger partial charge on any atom is 0.336 e. The summed E-state index contributed by atoms with van der Waals surface area (Å²) in [5.74, 6) is 0.721. The van der Waals surface area contributed by atoms with Crippen LogP contribution in [0.5, 0.6) is 5.75 Å². The smallest absolute Gasteiger partial charge is 0.336 e. The molecule has 0 aliphatic carbocycles. The van der Waals surface area contributed by atoms with E-state index in [4.69, 9.17) is 9.15 Å². The summed E-state index contributed by atoms with van der Waals surface area (Å²) >= 11 is 2.16. The number of ether oxygens (including phenoxy) is 1. The summed E-state index contributed by atoms with van der Waals surface area (Å²) in [7, 11) is 0. The van der Waals surface area contributed by atoms with Crippen LogP contribution in [0.15, 0.2) is 53.2 Å². The van der Waals surface area contributed by atoms with Crippen molar-refractivity contribution in [1.82, 2.24) is 0 Å². The van der Waals surface area contributed by atoms with Crippen molar-refractivity contribution in [3.05, 3.63) is 58.1 Å². The molecule has 1 heterocycles. The molecular weight excluding hydrogens is 331 g/mol. The number of carbonyl (C=O) groups excluding carboxylic acids is 1. The topological polar surface area (TPSA) is 39.4 Å². The minimum absolute atomic E-state index is 0.427. The Morgan fingerprint density at radius 3 is 2.88 bits per heavy atom. The molecule has 0 fully saturated rings. The molecule has 3 nitrogen and oxygen atoms in total. The highest BCUT2D eigenvalue weighted by molar-refractivity contribution is 14.1. The fourth-order valence-electron chi connectivity index (χ4n) is 1.22. The van der Waals surface area contributed by atoms with Gasteiger partial charge in [-0.2, -0.15) is 0 Å². The van der Waals surface area contributed by atoms with E-state index in [0.717, 1.165) is 3.57 Å². The molecule has 0 spiro atoms. The van der Waals surface area contributed by atoms with Gasteiger partial charge in [-0.1, -0.05) is 6.07 Å². The second-order valence-electron chi connectivity index (χ2n) is 3.23. The molecule has 2 aromatic rings. The van der Waals surface area contributed by atoms with E-state index in [2.05, 4.69) is 22.6 Å². The van der Waals surface area contributed by atoms with Crippen molar-refractivity contribution in [1.29, 1.82) is 0 Å². The number of hydrogen-bond acceptors (Lipinski definition) is 3. The molecule has 1 aromatic heterocycles. The minimum Gasteiger partial charge on any atom is -0.465 e. The average molecular weight is 340 g/mol. The van der Waals surface area contributed by atoms with Crippen LogP contribution in [0, 0.1) is 3.57 Å². The largest absolute Gasteiger partial charge is 0.465 e. The van der Waals surface area contributed by atoms with E-state index in [1.807, 2.05) is 12.1 Å². The monoisotopic (exact) mass is 340 g/mol. The lowest BCUT2D eigenvalue weighted by Crippen LogP contribution is -2.03. The Morgan fingerprint density at radius 1 is 1.29 bits per heavy atom. The first-order valence-corrected chi connectivity index (χ1v) is 6.01. The Balaban J connectivity index is 1.98. The summed E-state index contributed by atoms with van der Waals surface area (Å²) in [5, 5.41) is 0. The maximum absolute atomic E-state index is 11.5. The van der Waals surface area contributed by atoms with Gasteiger partial charge in [-0.3, -0.25) is 0 Å². The van der Waals surface area contributed by atoms with Gasteiger partial charge >= 0.3 is 5.97 Å². The first-order valence-electron chi connectivity index (χ1n) is 4.93. The summed E-state index contributed by atoms with van der Waals surface area (Å²) in [4.78, 5) is 11.5. The van der Waals surface area contributed by atoms with Gasteiger partial charge in [0.2, 0.25) is 0 Å². The normalized spacial score (nSPS) is 10.6. The number of halogens is 1. The summed E-state index contributed by atoms with van der Waals surface area (Å²) in [5.41, 5.74) is 0. The van der Waals surface area contributed by atoms with Gasteiger partial charge in [0.25, 0.3) is 0 Å². The fraction of sp³-hybridized carbons (Fsp3) is 0. The summed E-state index contributed by atoms with van der Waals surface area (Å²) in [6.07, 6.45) is 4.44. The summed E-state index contributed by atoms with van der Waals surface area (Å²) < 4.78 is 11.2. The highest BCUT2D eigenvalue weighted by atomic mass is 127. The second-order valence-corrected chi connectivity index (χ2v) is 4.47. The Kier molecular flexibility index (Phi) is 3.98. The predicted octanol–water partition coefficient (Wildman–Crippen LogP) is 3.50. The zero-order valence-corrected chi connectivity index (χ0v) is 11.0. The third-order valence-electron chi connectivity index (χ3n) is 1.94. The molecule has 0 N–H and O–H groups in total. The van der Waals surface area contributed by atoms with Crippen molar-refractivity contribution in [2.45, 2.75) is 0 Å². The molecule has 0 amide bonds. The van der Waals surface area contributed by atoms with E-state index in [1.165, 1.54) is 6.08 Å². The number of benzene rings is 1. The third kappa shape index (κ3) is 3.74. The van der Waals surface area contributed by atoms with Crippen molar-refractivity contribution in [2.24, 2.45) is 0 Å². The van der Waals surface area contributed by atoms with Gasteiger partial charge in [0.05, 0.1) is 6.26 Å². The zero-order chi connectivity index (χ0) is 12.1. The van der Waals surface area contributed by atoms with Crippen molar-refractivity contribution < 1.29 is 13.9 Å². The summed E-state index contributed by atoms with van der Waals surface area (Å²) in [6, 6.07) is 10.8. The minimum atomic E-state index is -0.427. The first kappa shape index (κ1) is 11.9. The molecule has 0 unspecified atom stereocenters. The molecule has 2 rings (SSSR count). The van der Waals surface area contributed by atoms with Gasteiger partial charge in [0.15, 0.2) is 0 Å². The Hall–Kier alpha value is -1.56. The molecule has 86 valence electrons. The molecule has 0 saturated heterocycles. The number of carbonyl (C=O) groups is 1. The average Bonchev–Trinajstić information content (AvgIpc) is 2.79. The Bertz CT molecular complexity index is 529. The molecule has 0 saturated carbocycles. The van der Waals surface area contributed by atoms with Gasteiger partial charge in [0.1, 0.15) is 11.5 Å². The van der Waals surface area contributed by atoms with Crippen LogP contribution in [0.4, 0.5) is 0 Å². The lowest BCUT2D eigenvalue weighted by molar-refractivity contribution is -0.128. The van der Waals surface area contributed by atoms with Crippen molar-refractivity contribution in [3.8, 4) is 5.75 Å². The second kappa shape index (κ2) is 5.67. The third-order valence-corrected chi connectivity index (χ3v) is 2.61.